The average molecular weight is 530 g/mol. The van der Waals surface area contributed by atoms with Crippen LogP contribution in [0.2, 0.25) is 0 Å². The number of aryl methyl sites for hydroxylation is 1. The summed E-state index contributed by atoms with van der Waals surface area (Å²) in [6.45, 7) is 5.70. The molecule has 2 saturated heterocycles. The van der Waals surface area contributed by atoms with Crippen molar-refractivity contribution in [1.29, 1.82) is 0 Å². The van der Waals surface area contributed by atoms with Crippen molar-refractivity contribution in [1.82, 2.24) is 9.88 Å². The van der Waals surface area contributed by atoms with Crippen molar-refractivity contribution in [2.45, 2.75) is 75.7 Å². The van der Waals surface area contributed by atoms with Crippen molar-refractivity contribution in [2.24, 2.45) is 0 Å². The number of carboxylic acid groups (broad SMARTS) is 2. The van der Waals surface area contributed by atoms with Crippen LogP contribution in [0.5, 0.6) is 0 Å². The van der Waals surface area contributed by atoms with E-state index in [0.29, 0.717) is 12.7 Å². The molecule has 3 fully saturated rings. The third-order valence-electron chi connectivity index (χ3n) is 5.92. The molecule has 1 spiro atoms. The normalized spacial score (nSPS) is 21.7. The molecular weight excluding hydrogens is 502 g/mol. The molecule has 3 heterocycles. The fourth-order valence-corrected chi connectivity index (χ4v) is 3.93. The van der Waals surface area contributed by atoms with Crippen LogP contribution >= 0.6 is 0 Å². The molecule has 1 aliphatic carbocycles. The molecule has 0 bridgehead atoms. The quantitative estimate of drug-likeness (QED) is 0.564. The summed E-state index contributed by atoms with van der Waals surface area (Å²) in [7, 11) is 0. The predicted molar refractivity (Wildman–Crippen MR) is 112 cm³/mol. The molecule has 1 saturated carbocycles. The van der Waals surface area contributed by atoms with E-state index >= 15 is 0 Å². The van der Waals surface area contributed by atoms with E-state index in [4.69, 9.17) is 29.3 Å². The van der Waals surface area contributed by atoms with Gasteiger partial charge >= 0.3 is 24.3 Å². The zero-order valence-electron chi connectivity index (χ0n) is 19.4. The summed E-state index contributed by atoms with van der Waals surface area (Å²) in [5.41, 5.74) is 2.17. The number of carbonyl (C=O) groups is 2. The van der Waals surface area contributed by atoms with E-state index in [1.165, 1.54) is 19.3 Å². The molecule has 204 valence electrons. The lowest BCUT2D eigenvalue weighted by Gasteiger charge is -2.57. The highest BCUT2D eigenvalue weighted by atomic mass is 19.4. The van der Waals surface area contributed by atoms with Gasteiger partial charge in [0, 0.05) is 37.9 Å². The predicted octanol–water partition coefficient (Wildman–Crippen LogP) is 3.96. The summed E-state index contributed by atoms with van der Waals surface area (Å²) in [6, 6.07) is 6.96. The van der Waals surface area contributed by atoms with Crippen LogP contribution in [0.1, 0.15) is 43.5 Å². The maximum Gasteiger partial charge on any atom is 0.490 e. The van der Waals surface area contributed by atoms with E-state index in [2.05, 4.69) is 16.0 Å². The molecule has 1 aromatic rings. The summed E-state index contributed by atoms with van der Waals surface area (Å²) in [6.07, 6.45) is -3.62. The van der Waals surface area contributed by atoms with Crippen LogP contribution in [-0.4, -0.2) is 81.8 Å². The van der Waals surface area contributed by atoms with Gasteiger partial charge in [0.15, 0.2) is 0 Å². The second-order valence-corrected chi connectivity index (χ2v) is 8.82. The minimum Gasteiger partial charge on any atom is -0.475 e. The highest BCUT2D eigenvalue weighted by Gasteiger charge is 2.50. The monoisotopic (exact) mass is 530 g/mol. The van der Waals surface area contributed by atoms with Crippen LogP contribution in [0.25, 0.3) is 0 Å². The summed E-state index contributed by atoms with van der Waals surface area (Å²) >= 11 is 0. The highest BCUT2D eigenvalue weighted by molar-refractivity contribution is 5.73. The minimum absolute atomic E-state index is 0.0819. The Labute approximate surface area is 203 Å². The van der Waals surface area contributed by atoms with Gasteiger partial charge in [-0.15, -0.1) is 0 Å². The first-order valence-corrected chi connectivity index (χ1v) is 11.1. The molecule has 8 nitrogen and oxygen atoms in total. The number of halogens is 6. The van der Waals surface area contributed by atoms with E-state index in [9.17, 15) is 26.3 Å². The third-order valence-corrected chi connectivity index (χ3v) is 5.92. The molecule has 4 rings (SSSR count). The van der Waals surface area contributed by atoms with Gasteiger partial charge in [-0.1, -0.05) is 12.5 Å². The fraction of sp³-hybridized carbons (Fsp3) is 0.682. The van der Waals surface area contributed by atoms with E-state index in [1.54, 1.807) is 0 Å². The number of ether oxygens (including phenoxy) is 2. The number of hydrogen-bond donors (Lipinski definition) is 2. The zero-order valence-corrected chi connectivity index (χ0v) is 19.4. The Bertz CT molecular complexity index is 861. The Balaban J connectivity index is 0.000000271. The van der Waals surface area contributed by atoms with Crippen molar-refractivity contribution in [3.63, 3.8) is 0 Å². The first-order chi connectivity index (χ1) is 16.6. The standard InChI is InChI=1S/C18H26N2O2.2C2HF3O2/c1-14-4-2-5-15(19-14)11-21-17-8-9-22-18(10-17)12-20(13-18)16-6-3-7-16;2*3-2(4,5)1(6)7/h2,4-5,16-17H,3,6-13H2,1H3;2*(H,6,7). The van der Waals surface area contributed by atoms with Crippen LogP contribution in [0, 0.1) is 6.92 Å². The van der Waals surface area contributed by atoms with Crippen LogP contribution in [0.15, 0.2) is 18.2 Å². The Morgan fingerprint density at radius 1 is 1.08 bits per heavy atom. The van der Waals surface area contributed by atoms with Crippen LogP contribution in [0.4, 0.5) is 26.3 Å². The van der Waals surface area contributed by atoms with E-state index in [-0.39, 0.29) is 5.60 Å². The minimum atomic E-state index is -5.08. The number of alkyl halides is 6. The van der Waals surface area contributed by atoms with Crippen molar-refractivity contribution < 1.29 is 55.6 Å². The average Bonchev–Trinajstić information content (AvgIpc) is 2.70. The van der Waals surface area contributed by atoms with Crippen LogP contribution in [-0.2, 0) is 25.7 Å². The fourth-order valence-electron chi connectivity index (χ4n) is 3.93. The lowest BCUT2D eigenvalue weighted by molar-refractivity contribution is -0.211. The lowest BCUT2D eigenvalue weighted by Crippen LogP contribution is -2.69. The van der Waals surface area contributed by atoms with Gasteiger partial charge in [0.05, 0.1) is 24.0 Å². The van der Waals surface area contributed by atoms with Gasteiger partial charge in [-0.25, -0.2) is 9.59 Å². The number of carboxylic acids is 2. The van der Waals surface area contributed by atoms with Gasteiger partial charge in [0.2, 0.25) is 0 Å². The number of nitrogens with zero attached hydrogens (tertiary/aromatic N) is 2. The van der Waals surface area contributed by atoms with Gasteiger partial charge in [0.1, 0.15) is 0 Å². The Hall–Kier alpha value is -2.45. The summed E-state index contributed by atoms with van der Waals surface area (Å²) in [5, 5.41) is 14.2. The largest absolute Gasteiger partial charge is 0.490 e. The van der Waals surface area contributed by atoms with Crippen molar-refractivity contribution in [3.8, 4) is 0 Å². The molecule has 3 aliphatic rings. The first-order valence-electron chi connectivity index (χ1n) is 11.1. The Morgan fingerprint density at radius 2 is 1.64 bits per heavy atom. The maximum absolute atomic E-state index is 10.6. The second kappa shape index (κ2) is 12.2. The highest BCUT2D eigenvalue weighted by Crippen LogP contribution is 2.40. The number of likely N-dealkylation sites (tertiary alicyclic amines) is 1. The number of hydrogen-bond acceptors (Lipinski definition) is 6. The van der Waals surface area contributed by atoms with Gasteiger partial charge in [0.25, 0.3) is 0 Å². The number of pyridine rings is 1. The number of aromatic nitrogens is 1. The number of rotatable bonds is 4. The van der Waals surface area contributed by atoms with E-state index < -0.39 is 24.3 Å². The maximum atomic E-state index is 10.6. The van der Waals surface area contributed by atoms with Crippen LogP contribution < -0.4 is 0 Å². The molecule has 2 aliphatic heterocycles. The smallest absolute Gasteiger partial charge is 0.475 e. The van der Waals surface area contributed by atoms with Crippen LogP contribution in [0.3, 0.4) is 0 Å². The molecule has 1 atom stereocenters. The number of aliphatic carboxylic acids is 2. The molecule has 0 aromatic carbocycles. The first kappa shape index (κ1) is 29.8. The van der Waals surface area contributed by atoms with E-state index in [1.807, 2.05) is 19.1 Å². The van der Waals surface area contributed by atoms with Gasteiger partial charge in [-0.3, -0.25) is 9.88 Å². The zero-order chi connectivity index (χ0) is 27.1. The molecule has 2 N–H and O–H groups in total. The molecular formula is C22H28F6N2O6. The van der Waals surface area contributed by atoms with Crippen molar-refractivity contribution >= 4 is 11.9 Å². The molecule has 1 aromatic heterocycles. The van der Waals surface area contributed by atoms with Gasteiger partial charge < -0.3 is 19.7 Å². The summed E-state index contributed by atoms with van der Waals surface area (Å²) < 4.78 is 75.7. The SMILES string of the molecule is Cc1cccc(COC2CCOC3(C2)CN(C2CCC2)C3)n1.O=C(O)C(F)(F)F.O=C(O)C(F)(F)F. The third kappa shape index (κ3) is 9.21. The molecule has 0 amide bonds. The molecule has 1 unspecified atom stereocenters. The Kier molecular flexibility index (Phi) is 10.1. The second-order valence-electron chi connectivity index (χ2n) is 8.82. The van der Waals surface area contributed by atoms with Gasteiger partial charge in [-0.05, 0) is 38.3 Å². The molecule has 36 heavy (non-hydrogen) atoms. The topological polar surface area (TPSA) is 109 Å². The van der Waals surface area contributed by atoms with E-state index in [0.717, 1.165) is 50.0 Å². The van der Waals surface area contributed by atoms with Gasteiger partial charge in [-0.2, -0.15) is 26.3 Å². The lowest BCUT2D eigenvalue weighted by atomic mass is 9.80. The molecule has 0 radical (unpaired) electrons. The van der Waals surface area contributed by atoms with Crippen molar-refractivity contribution in [2.75, 3.05) is 19.7 Å². The summed E-state index contributed by atoms with van der Waals surface area (Å²) in [5.74, 6) is -5.51. The Morgan fingerprint density at radius 3 is 2.08 bits per heavy atom. The molecule has 14 heteroatoms. The summed E-state index contributed by atoms with van der Waals surface area (Å²) in [4.78, 5) is 24.9. The van der Waals surface area contributed by atoms with Crippen molar-refractivity contribution in [3.05, 3.63) is 29.6 Å².